The SMILES string of the molecule is COCC(N)C(=O)NCCS(=O)(=O)NCc1ccccc1.Cl. The molecule has 22 heavy (non-hydrogen) atoms. The van der Waals surface area contributed by atoms with E-state index >= 15 is 0 Å². The number of hydrogen-bond donors (Lipinski definition) is 3. The summed E-state index contributed by atoms with van der Waals surface area (Å²) in [6, 6.07) is 8.39. The van der Waals surface area contributed by atoms with Gasteiger partial charge in [-0.2, -0.15) is 0 Å². The lowest BCUT2D eigenvalue weighted by molar-refractivity contribution is -0.123. The van der Waals surface area contributed by atoms with Gasteiger partial charge >= 0.3 is 0 Å². The Kier molecular flexibility index (Phi) is 9.95. The van der Waals surface area contributed by atoms with E-state index in [0.717, 1.165) is 5.56 Å². The second kappa shape index (κ2) is 10.5. The van der Waals surface area contributed by atoms with Gasteiger partial charge in [-0.15, -0.1) is 12.4 Å². The summed E-state index contributed by atoms with van der Waals surface area (Å²) in [4.78, 5) is 11.5. The van der Waals surface area contributed by atoms with Crippen molar-refractivity contribution < 1.29 is 17.9 Å². The Morgan fingerprint density at radius 2 is 1.95 bits per heavy atom. The van der Waals surface area contributed by atoms with E-state index in [1.807, 2.05) is 30.3 Å². The van der Waals surface area contributed by atoms with E-state index in [9.17, 15) is 13.2 Å². The minimum atomic E-state index is -3.45. The van der Waals surface area contributed by atoms with Crippen LogP contribution >= 0.6 is 12.4 Å². The predicted octanol–water partition coefficient (Wildman–Crippen LogP) is -0.382. The van der Waals surface area contributed by atoms with Crippen LogP contribution in [0.3, 0.4) is 0 Å². The number of carbonyl (C=O) groups is 1. The number of hydrogen-bond acceptors (Lipinski definition) is 5. The molecule has 0 spiro atoms. The number of ether oxygens (including phenoxy) is 1. The molecule has 0 saturated carbocycles. The van der Waals surface area contributed by atoms with Crippen molar-refractivity contribution in [3.63, 3.8) is 0 Å². The van der Waals surface area contributed by atoms with Gasteiger partial charge in [0, 0.05) is 20.2 Å². The van der Waals surface area contributed by atoms with Crippen LogP contribution in [-0.4, -0.2) is 46.4 Å². The monoisotopic (exact) mass is 351 g/mol. The molecule has 0 aliphatic carbocycles. The molecule has 0 heterocycles. The molecule has 9 heteroatoms. The molecule has 1 aromatic carbocycles. The van der Waals surface area contributed by atoms with Crippen LogP contribution in [0.25, 0.3) is 0 Å². The molecule has 126 valence electrons. The summed E-state index contributed by atoms with van der Waals surface area (Å²) in [7, 11) is -2.01. The van der Waals surface area contributed by atoms with Crippen molar-refractivity contribution in [2.45, 2.75) is 12.6 Å². The summed E-state index contributed by atoms with van der Waals surface area (Å²) in [5.74, 6) is -0.638. The molecule has 0 aliphatic rings. The maximum absolute atomic E-state index is 11.8. The molecule has 0 radical (unpaired) electrons. The summed E-state index contributed by atoms with van der Waals surface area (Å²) < 4.78 is 30.7. The third kappa shape index (κ3) is 8.30. The zero-order valence-electron chi connectivity index (χ0n) is 12.3. The molecule has 1 atom stereocenters. The van der Waals surface area contributed by atoms with Crippen LogP contribution in [0.1, 0.15) is 5.56 Å². The van der Waals surface area contributed by atoms with Crippen LogP contribution in [0.5, 0.6) is 0 Å². The Morgan fingerprint density at radius 1 is 1.32 bits per heavy atom. The molecule has 0 aliphatic heterocycles. The number of rotatable bonds is 9. The van der Waals surface area contributed by atoms with Gasteiger partial charge in [0.05, 0.1) is 12.4 Å². The lowest BCUT2D eigenvalue weighted by Crippen LogP contribution is -2.45. The molecule has 0 saturated heterocycles. The van der Waals surface area contributed by atoms with Crippen molar-refractivity contribution >= 4 is 28.3 Å². The number of nitrogens with one attached hydrogen (secondary N) is 2. The van der Waals surface area contributed by atoms with Crippen molar-refractivity contribution in [3.8, 4) is 0 Å². The highest BCUT2D eigenvalue weighted by atomic mass is 35.5. The third-order valence-electron chi connectivity index (χ3n) is 2.69. The average Bonchev–Trinajstić information content (AvgIpc) is 2.46. The van der Waals surface area contributed by atoms with Crippen molar-refractivity contribution in [2.24, 2.45) is 5.73 Å². The van der Waals surface area contributed by atoms with Gasteiger partial charge in [-0.1, -0.05) is 30.3 Å². The number of nitrogens with two attached hydrogens (primary N) is 1. The molecular weight excluding hydrogens is 330 g/mol. The standard InChI is InChI=1S/C13H21N3O4S.ClH/c1-20-10-12(14)13(17)15-7-8-21(18,19)16-9-11-5-3-2-4-6-11;/h2-6,12,16H,7-10,14H2,1H3,(H,15,17);1H. The van der Waals surface area contributed by atoms with Gasteiger partial charge in [0.25, 0.3) is 0 Å². The maximum Gasteiger partial charge on any atom is 0.239 e. The fourth-order valence-electron chi connectivity index (χ4n) is 1.56. The van der Waals surface area contributed by atoms with Gasteiger partial charge in [-0.05, 0) is 5.56 Å². The minimum absolute atomic E-state index is 0. The number of benzene rings is 1. The van der Waals surface area contributed by atoms with Crippen LogP contribution in [0.4, 0.5) is 0 Å². The Balaban J connectivity index is 0.00000441. The van der Waals surface area contributed by atoms with Crippen molar-refractivity contribution in [1.29, 1.82) is 0 Å². The molecule has 0 aromatic heterocycles. The minimum Gasteiger partial charge on any atom is -0.383 e. The Bertz CT molecular complexity index is 539. The van der Waals surface area contributed by atoms with Crippen molar-refractivity contribution in [3.05, 3.63) is 35.9 Å². The van der Waals surface area contributed by atoms with Crippen molar-refractivity contribution in [1.82, 2.24) is 10.0 Å². The van der Waals surface area contributed by atoms with Gasteiger partial charge in [0.15, 0.2) is 0 Å². The Labute approximate surface area is 137 Å². The first-order chi connectivity index (χ1) is 9.94. The summed E-state index contributed by atoms with van der Waals surface area (Å²) >= 11 is 0. The molecule has 4 N–H and O–H groups in total. The van der Waals surface area contributed by atoms with E-state index in [-0.39, 0.29) is 37.9 Å². The smallest absolute Gasteiger partial charge is 0.239 e. The van der Waals surface area contributed by atoms with Crippen LogP contribution in [-0.2, 0) is 26.1 Å². The summed E-state index contributed by atoms with van der Waals surface area (Å²) in [6.07, 6.45) is 0. The quantitative estimate of drug-likeness (QED) is 0.561. The number of sulfonamides is 1. The number of carbonyl (C=O) groups excluding carboxylic acids is 1. The average molecular weight is 352 g/mol. The van der Waals surface area contributed by atoms with E-state index in [4.69, 9.17) is 10.5 Å². The fourth-order valence-corrected chi connectivity index (χ4v) is 2.46. The second-order valence-electron chi connectivity index (χ2n) is 4.48. The lowest BCUT2D eigenvalue weighted by Gasteiger charge is -2.11. The van der Waals surface area contributed by atoms with Gasteiger partial charge < -0.3 is 15.8 Å². The first kappa shape index (κ1) is 20.8. The maximum atomic E-state index is 11.8. The topological polar surface area (TPSA) is 111 Å². The number of halogens is 1. The zero-order chi connectivity index (χ0) is 15.7. The highest BCUT2D eigenvalue weighted by Crippen LogP contribution is 1.98. The molecule has 0 fully saturated rings. The molecule has 1 rings (SSSR count). The van der Waals surface area contributed by atoms with E-state index in [1.165, 1.54) is 7.11 Å². The summed E-state index contributed by atoms with van der Waals surface area (Å²) in [5.41, 5.74) is 6.38. The second-order valence-corrected chi connectivity index (χ2v) is 6.40. The fraction of sp³-hybridized carbons (Fsp3) is 0.462. The first-order valence-corrected chi connectivity index (χ1v) is 8.13. The number of amides is 1. The molecule has 7 nitrogen and oxygen atoms in total. The molecular formula is C13H22ClN3O4S. The van der Waals surface area contributed by atoms with Crippen molar-refractivity contribution in [2.75, 3.05) is 26.0 Å². The molecule has 1 unspecified atom stereocenters. The summed E-state index contributed by atoms with van der Waals surface area (Å²) in [5, 5.41) is 2.46. The normalized spacial score (nSPS) is 12.3. The molecule has 1 aromatic rings. The third-order valence-corrected chi connectivity index (χ3v) is 4.02. The first-order valence-electron chi connectivity index (χ1n) is 6.48. The lowest BCUT2D eigenvalue weighted by atomic mass is 10.2. The van der Waals surface area contributed by atoms with Gasteiger partial charge in [0.1, 0.15) is 6.04 Å². The van der Waals surface area contributed by atoms with Crippen LogP contribution in [0.2, 0.25) is 0 Å². The zero-order valence-corrected chi connectivity index (χ0v) is 14.0. The highest BCUT2D eigenvalue weighted by Gasteiger charge is 2.14. The number of methoxy groups -OCH3 is 1. The van der Waals surface area contributed by atoms with Crippen LogP contribution in [0.15, 0.2) is 30.3 Å². The van der Waals surface area contributed by atoms with E-state index in [0.29, 0.717) is 0 Å². The Morgan fingerprint density at radius 3 is 2.55 bits per heavy atom. The van der Waals surface area contributed by atoms with E-state index in [2.05, 4.69) is 10.0 Å². The molecule has 0 bridgehead atoms. The summed E-state index contributed by atoms with van der Waals surface area (Å²) in [6.45, 7) is 0.311. The van der Waals surface area contributed by atoms with Gasteiger partial charge in [-0.25, -0.2) is 13.1 Å². The van der Waals surface area contributed by atoms with Gasteiger partial charge in [0.2, 0.25) is 15.9 Å². The highest BCUT2D eigenvalue weighted by molar-refractivity contribution is 7.89. The molecule has 1 amide bonds. The Hall–Kier alpha value is -1.19. The van der Waals surface area contributed by atoms with E-state index < -0.39 is 22.0 Å². The van der Waals surface area contributed by atoms with Crippen LogP contribution < -0.4 is 15.8 Å². The largest absolute Gasteiger partial charge is 0.383 e. The van der Waals surface area contributed by atoms with Gasteiger partial charge in [-0.3, -0.25) is 4.79 Å². The predicted molar refractivity (Wildman–Crippen MR) is 87.2 cm³/mol. The van der Waals surface area contributed by atoms with Crippen LogP contribution in [0, 0.1) is 0 Å². The van der Waals surface area contributed by atoms with E-state index in [1.54, 1.807) is 0 Å².